The maximum absolute atomic E-state index is 5.82. The van der Waals surface area contributed by atoms with Gasteiger partial charge in [-0.3, -0.25) is 4.90 Å². The number of nitrogens with zero attached hydrogens (tertiary/aromatic N) is 1. The largest absolute Gasteiger partial charge is 0.496 e. The van der Waals surface area contributed by atoms with E-state index in [4.69, 9.17) is 10.5 Å². The number of ether oxygens (including phenoxy) is 1. The van der Waals surface area contributed by atoms with Crippen LogP contribution in [-0.2, 0) is 6.54 Å². The normalized spacial score (nSPS) is 17.2. The summed E-state index contributed by atoms with van der Waals surface area (Å²) in [7, 11) is 1.71. The highest BCUT2D eigenvalue weighted by Gasteiger charge is 2.29. The van der Waals surface area contributed by atoms with Crippen LogP contribution in [0.2, 0.25) is 0 Å². The van der Waals surface area contributed by atoms with Crippen molar-refractivity contribution in [2.45, 2.75) is 20.4 Å². The minimum Gasteiger partial charge on any atom is -0.496 e. The topological polar surface area (TPSA) is 38.5 Å². The molecule has 1 heterocycles. The van der Waals surface area contributed by atoms with Crippen LogP contribution < -0.4 is 10.5 Å². The molecular formula is C14H22N2O. The van der Waals surface area contributed by atoms with E-state index in [1.165, 1.54) is 18.7 Å². The molecule has 1 saturated heterocycles. The van der Waals surface area contributed by atoms with E-state index in [1.807, 2.05) is 18.2 Å². The lowest BCUT2D eigenvalue weighted by Crippen LogP contribution is -2.48. The van der Waals surface area contributed by atoms with Gasteiger partial charge in [0, 0.05) is 30.9 Å². The smallest absolute Gasteiger partial charge is 0.123 e. The highest BCUT2D eigenvalue weighted by Crippen LogP contribution is 2.28. The number of nitrogen functional groups attached to an aromatic ring is 1. The first-order chi connectivity index (χ1) is 8.10. The number of anilines is 1. The number of benzene rings is 1. The molecule has 2 N–H and O–H groups in total. The Morgan fingerprint density at radius 1 is 1.41 bits per heavy atom. The molecule has 0 radical (unpaired) electrons. The van der Waals surface area contributed by atoms with Gasteiger partial charge in [-0.25, -0.2) is 0 Å². The Morgan fingerprint density at radius 3 is 2.71 bits per heavy atom. The Labute approximate surface area is 104 Å². The molecule has 2 rings (SSSR count). The van der Waals surface area contributed by atoms with Gasteiger partial charge in [-0.1, -0.05) is 13.8 Å². The molecule has 3 nitrogen and oxygen atoms in total. The van der Waals surface area contributed by atoms with Crippen LogP contribution in [0.4, 0.5) is 5.69 Å². The molecule has 94 valence electrons. The summed E-state index contributed by atoms with van der Waals surface area (Å²) < 4.78 is 5.36. The summed E-state index contributed by atoms with van der Waals surface area (Å²) in [5.74, 6) is 2.57. The van der Waals surface area contributed by atoms with Crippen molar-refractivity contribution in [1.82, 2.24) is 4.90 Å². The zero-order chi connectivity index (χ0) is 12.4. The fourth-order valence-corrected chi connectivity index (χ4v) is 2.32. The van der Waals surface area contributed by atoms with Crippen LogP contribution in [0.1, 0.15) is 19.4 Å². The summed E-state index contributed by atoms with van der Waals surface area (Å²) in [6.07, 6.45) is 0. The van der Waals surface area contributed by atoms with Gasteiger partial charge >= 0.3 is 0 Å². The molecule has 0 atom stereocenters. The Hall–Kier alpha value is -1.22. The summed E-state index contributed by atoms with van der Waals surface area (Å²) in [6, 6.07) is 5.85. The predicted octanol–water partition coefficient (Wildman–Crippen LogP) is 2.37. The molecule has 0 unspecified atom stereocenters. The van der Waals surface area contributed by atoms with Gasteiger partial charge in [0.25, 0.3) is 0 Å². The Bertz CT molecular complexity index is 384. The lowest BCUT2D eigenvalue weighted by atomic mass is 9.88. The van der Waals surface area contributed by atoms with Gasteiger partial charge in [0.05, 0.1) is 7.11 Å². The first-order valence-electron chi connectivity index (χ1n) is 6.25. The Balaban J connectivity index is 1.98. The lowest BCUT2D eigenvalue weighted by Gasteiger charge is -2.41. The molecule has 0 spiro atoms. The predicted molar refractivity (Wildman–Crippen MR) is 71.0 cm³/mol. The standard InChI is InChI=1S/C14H22N2O/c1-10(2)12-8-16(9-12)7-11-6-13(15)4-5-14(11)17-3/h4-6,10,12H,7-9,15H2,1-3H3. The zero-order valence-corrected chi connectivity index (χ0v) is 10.9. The lowest BCUT2D eigenvalue weighted by molar-refractivity contribution is 0.0607. The summed E-state index contributed by atoms with van der Waals surface area (Å²) in [5, 5.41) is 0. The SMILES string of the molecule is COc1ccc(N)cc1CN1CC(C(C)C)C1. The van der Waals surface area contributed by atoms with E-state index in [-0.39, 0.29) is 0 Å². The number of rotatable bonds is 4. The van der Waals surface area contributed by atoms with Gasteiger partial charge in [-0.15, -0.1) is 0 Å². The third kappa shape index (κ3) is 2.72. The first-order valence-corrected chi connectivity index (χ1v) is 6.25. The second-order valence-electron chi connectivity index (χ2n) is 5.27. The number of likely N-dealkylation sites (tertiary alicyclic amines) is 1. The summed E-state index contributed by atoms with van der Waals surface area (Å²) in [4.78, 5) is 2.45. The molecule has 0 aliphatic carbocycles. The van der Waals surface area contributed by atoms with Crippen molar-refractivity contribution in [1.29, 1.82) is 0 Å². The van der Waals surface area contributed by atoms with Crippen molar-refractivity contribution in [2.24, 2.45) is 11.8 Å². The van der Waals surface area contributed by atoms with Crippen molar-refractivity contribution < 1.29 is 4.74 Å². The fraction of sp³-hybridized carbons (Fsp3) is 0.571. The van der Waals surface area contributed by atoms with Gasteiger partial charge in [0.2, 0.25) is 0 Å². The van der Waals surface area contributed by atoms with Gasteiger partial charge in [0.15, 0.2) is 0 Å². The molecule has 0 aromatic heterocycles. The van der Waals surface area contributed by atoms with E-state index in [0.717, 1.165) is 29.8 Å². The molecule has 1 aromatic rings. The highest BCUT2D eigenvalue weighted by molar-refractivity contribution is 5.47. The summed E-state index contributed by atoms with van der Waals surface area (Å²) in [6.45, 7) is 7.91. The average molecular weight is 234 g/mol. The number of methoxy groups -OCH3 is 1. The molecule has 0 bridgehead atoms. The number of hydrogen-bond acceptors (Lipinski definition) is 3. The van der Waals surface area contributed by atoms with E-state index < -0.39 is 0 Å². The molecule has 3 heteroatoms. The maximum Gasteiger partial charge on any atom is 0.123 e. The Kier molecular flexibility index (Phi) is 3.57. The van der Waals surface area contributed by atoms with Crippen molar-refractivity contribution >= 4 is 5.69 Å². The molecule has 1 fully saturated rings. The second-order valence-corrected chi connectivity index (χ2v) is 5.27. The maximum atomic E-state index is 5.82. The van der Waals surface area contributed by atoms with E-state index in [1.54, 1.807) is 7.11 Å². The van der Waals surface area contributed by atoms with E-state index >= 15 is 0 Å². The van der Waals surface area contributed by atoms with Crippen LogP contribution in [0.5, 0.6) is 5.75 Å². The van der Waals surface area contributed by atoms with Gasteiger partial charge in [-0.05, 0) is 30.0 Å². The van der Waals surface area contributed by atoms with E-state index in [9.17, 15) is 0 Å². The van der Waals surface area contributed by atoms with Gasteiger partial charge < -0.3 is 10.5 Å². The second kappa shape index (κ2) is 4.96. The third-order valence-electron chi connectivity index (χ3n) is 3.63. The van der Waals surface area contributed by atoms with Crippen molar-refractivity contribution in [3.05, 3.63) is 23.8 Å². The van der Waals surface area contributed by atoms with Crippen LogP contribution in [0.3, 0.4) is 0 Å². The molecule has 1 aromatic carbocycles. The molecule has 0 amide bonds. The molecule has 1 aliphatic heterocycles. The molecule has 1 aliphatic rings. The zero-order valence-electron chi connectivity index (χ0n) is 10.9. The number of hydrogen-bond donors (Lipinski definition) is 1. The highest BCUT2D eigenvalue weighted by atomic mass is 16.5. The third-order valence-corrected chi connectivity index (χ3v) is 3.63. The van der Waals surface area contributed by atoms with Crippen LogP contribution >= 0.6 is 0 Å². The van der Waals surface area contributed by atoms with E-state index in [0.29, 0.717) is 0 Å². The first kappa shape index (κ1) is 12.2. The van der Waals surface area contributed by atoms with Crippen LogP contribution in [0, 0.1) is 11.8 Å². The van der Waals surface area contributed by atoms with Crippen LogP contribution in [-0.4, -0.2) is 25.1 Å². The van der Waals surface area contributed by atoms with E-state index in [2.05, 4.69) is 18.7 Å². The fourth-order valence-electron chi connectivity index (χ4n) is 2.32. The summed E-state index contributed by atoms with van der Waals surface area (Å²) in [5.41, 5.74) is 7.82. The molecule has 0 saturated carbocycles. The van der Waals surface area contributed by atoms with Crippen molar-refractivity contribution in [3.63, 3.8) is 0 Å². The monoisotopic (exact) mass is 234 g/mol. The molecule has 17 heavy (non-hydrogen) atoms. The number of nitrogens with two attached hydrogens (primary N) is 1. The molecular weight excluding hydrogens is 212 g/mol. The average Bonchev–Trinajstić information content (AvgIpc) is 2.22. The van der Waals surface area contributed by atoms with Crippen LogP contribution in [0.25, 0.3) is 0 Å². The van der Waals surface area contributed by atoms with Crippen molar-refractivity contribution in [2.75, 3.05) is 25.9 Å². The minimum absolute atomic E-state index is 0.786. The summed E-state index contributed by atoms with van der Waals surface area (Å²) >= 11 is 0. The minimum atomic E-state index is 0.786. The quantitative estimate of drug-likeness (QED) is 0.813. The van der Waals surface area contributed by atoms with Crippen LogP contribution in [0.15, 0.2) is 18.2 Å². The van der Waals surface area contributed by atoms with Crippen molar-refractivity contribution in [3.8, 4) is 5.75 Å². The van der Waals surface area contributed by atoms with Gasteiger partial charge in [-0.2, -0.15) is 0 Å². The Morgan fingerprint density at radius 2 is 2.12 bits per heavy atom. The van der Waals surface area contributed by atoms with Gasteiger partial charge in [0.1, 0.15) is 5.75 Å².